The van der Waals surface area contributed by atoms with E-state index in [0.717, 1.165) is 24.9 Å². The van der Waals surface area contributed by atoms with Gasteiger partial charge in [0.1, 0.15) is 0 Å². The van der Waals surface area contributed by atoms with E-state index in [4.69, 9.17) is 11.6 Å². The van der Waals surface area contributed by atoms with Gasteiger partial charge in [-0.2, -0.15) is 0 Å². The van der Waals surface area contributed by atoms with Crippen LogP contribution >= 0.6 is 11.6 Å². The topological polar surface area (TPSA) is 49.4 Å². The average molecular weight is 323 g/mol. The molecule has 0 radical (unpaired) electrons. The Labute approximate surface area is 136 Å². The van der Waals surface area contributed by atoms with E-state index in [2.05, 4.69) is 5.32 Å². The van der Waals surface area contributed by atoms with Crippen molar-refractivity contribution in [1.82, 2.24) is 10.2 Å². The molecule has 1 aromatic rings. The normalized spacial score (nSPS) is 15.8. The molecule has 5 heteroatoms. The fraction of sp³-hybridized carbons (Fsp3) is 0.529. The summed E-state index contributed by atoms with van der Waals surface area (Å²) in [6.45, 7) is 4.19. The van der Waals surface area contributed by atoms with Crippen molar-refractivity contribution in [2.45, 2.75) is 51.6 Å². The van der Waals surface area contributed by atoms with Crippen LogP contribution in [0.1, 0.15) is 51.1 Å². The van der Waals surface area contributed by atoms with Crippen LogP contribution in [0.3, 0.4) is 0 Å². The van der Waals surface area contributed by atoms with E-state index in [9.17, 15) is 9.59 Å². The summed E-state index contributed by atoms with van der Waals surface area (Å²) in [5, 5.41) is 3.51. The number of amides is 2. The van der Waals surface area contributed by atoms with Gasteiger partial charge in [-0.25, -0.2) is 0 Å². The standard InChI is InChI=1S/C17H23ClN2O2/c1-3-20(15-5-4-6-15)17(22)11-16(19-12(2)21)13-7-9-14(18)10-8-13/h7-10,15-16H,3-6,11H2,1-2H3,(H,19,21). The lowest BCUT2D eigenvalue weighted by molar-refractivity contribution is -0.135. The van der Waals surface area contributed by atoms with Gasteiger partial charge in [0.25, 0.3) is 0 Å². The molecule has 1 aliphatic rings. The van der Waals surface area contributed by atoms with Crippen LogP contribution in [-0.4, -0.2) is 29.3 Å². The van der Waals surface area contributed by atoms with E-state index in [1.54, 1.807) is 12.1 Å². The second-order valence-electron chi connectivity index (χ2n) is 5.77. The summed E-state index contributed by atoms with van der Waals surface area (Å²) in [6, 6.07) is 7.34. The molecule has 4 nitrogen and oxygen atoms in total. The maximum Gasteiger partial charge on any atom is 0.225 e. The van der Waals surface area contributed by atoms with Crippen LogP contribution in [0.2, 0.25) is 5.02 Å². The first kappa shape index (κ1) is 16.8. The van der Waals surface area contributed by atoms with Crippen LogP contribution in [0.5, 0.6) is 0 Å². The fourth-order valence-electron chi connectivity index (χ4n) is 2.82. The number of hydrogen-bond donors (Lipinski definition) is 1. The van der Waals surface area contributed by atoms with Crippen molar-refractivity contribution in [3.05, 3.63) is 34.9 Å². The van der Waals surface area contributed by atoms with Gasteiger partial charge in [-0.05, 0) is 43.9 Å². The molecule has 0 heterocycles. The number of carbonyl (C=O) groups excluding carboxylic acids is 2. The molecule has 2 rings (SSSR count). The van der Waals surface area contributed by atoms with Crippen molar-refractivity contribution in [2.75, 3.05) is 6.54 Å². The lowest BCUT2D eigenvalue weighted by Gasteiger charge is -2.37. The van der Waals surface area contributed by atoms with Gasteiger partial charge in [0.15, 0.2) is 0 Å². The SMILES string of the molecule is CCN(C(=O)CC(NC(C)=O)c1ccc(Cl)cc1)C1CCC1. The highest BCUT2D eigenvalue weighted by Crippen LogP contribution is 2.27. The van der Waals surface area contributed by atoms with Gasteiger partial charge >= 0.3 is 0 Å². The number of nitrogens with zero attached hydrogens (tertiary/aromatic N) is 1. The van der Waals surface area contributed by atoms with Gasteiger partial charge in [0.2, 0.25) is 11.8 Å². The molecule has 22 heavy (non-hydrogen) atoms. The lowest BCUT2D eigenvalue weighted by atomic mass is 9.90. The van der Waals surface area contributed by atoms with Crippen LogP contribution in [0.15, 0.2) is 24.3 Å². The van der Waals surface area contributed by atoms with Gasteiger partial charge in [0, 0.05) is 24.5 Å². The molecule has 1 aromatic carbocycles. The molecule has 1 unspecified atom stereocenters. The van der Waals surface area contributed by atoms with Crippen molar-refractivity contribution in [3.63, 3.8) is 0 Å². The molecular formula is C17H23ClN2O2. The molecule has 2 amide bonds. The van der Waals surface area contributed by atoms with Crippen molar-refractivity contribution in [2.24, 2.45) is 0 Å². The average Bonchev–Trinajstić information content (AvgIpc) is 2.42. The zero-order valence-corrected chi connectivity index (χ0v) is 13.9. The third-order valence-electron chi connectivity index (χ3n) is 4.21. The van der Waals surface area contributed by atoms with Crippen LogP contribution < -0.4 is 5.32 Å². The van der Waals surface area contributed by atoms with Crippen molar-refractivity contribution in [3.8, 4) is 0 Å². The smallest absolute Gasteiger partial charge is 0.225 e. The second kappa shape index (κ2) is 7.63. The van der Waals surface area contributed by atoms with Crippen molar-refractivity contribution >= 4 is 23.4 Å². The zero-order chi connectivity index (χ0) is 16.1. The highest BCUT2D eigenvalue weighted by atomic mass is 35.5. The monoisotopic (exact) mass is 322 g/mol. The summed E-state index contributed by atoms with van der Waals surface area (Å²) >= 11 is 5.91. The van der Waals surface area contributed by atoms with E-state index in [-0.39, 0.29) is 24.3 Å². The summed E-state index contributed by atoms with van der Waals surface area (Å²) in [5.41, 5.74) is 0.901. The number of nitrogens with one attached hydrogen (secondary N) is 1. The van der Waals surface area contributed by atoms with Gasteiger partial charge in [0.05, 0.1) is 12.5 Å². The van der Waals surface area contributed by atoms with Crippen LogP contribution in [0.25, 0.3) is 0 Å². The summed E-state index contributed by atoms with van der Waals surface area (Å²) in [4.78, 5) is 26.0. The molecule has 1 saturated carbocycles. The van der Waals surface area contributed by atoms with E-state index in [1.165, 1.54) is 13.3 Å². The number of rotatable bonds is 6. The molecule has 1 aliphatic carbocycles. The molecule has 0 aromatic heterocycles. The third-order valence-corrected chi connectivity index (χ3v) is 4.46. The first-order valence-electron chi connectivity index (χ1n) is 7.83. The molecule has 120 valence electrons. The third kappa shape index (κ3) is 4.23. The predicted octanol–water partition coefficient (Wildman–Crippen LogP) is 3.31. The summed E-state index contributed by atoms with van der Waals surface area (Å²) in [6.07, 6.45) is 3.66. The Balaban J connectivity index is 2.09. The number of halogens is 1. The van der Waals surface area contributed by atoms with E-state index in [1.807, 2.05) is 24.0 Å². The van der Waals surface area contributed by atoms with Crippen molar-refractivity contribution in [1.29, 1.82) is 0 Å². The quantitative estimate of drug-likeness (QED) is 0.873. The number of benzene rings is 1. The molecule has 1 N–H and O–H groups in total. The lowest BCUT2D eigenvalue weighted by Crippen LogP contribution is -2.45. The van der Waals surface area contributed by atoms with Crippen LogP contribution in [-0.2, 0) is 9.59 Å². The second-order valence-corrected chi connectivity index (χ2v) is 6.21. The summed E-state index contributed by atoms with van der Waals surface area (Å²) < 4.78 is 0. The van der Waals surface area contributed by atoms with E-state index >= 15 is 0 Å². The molecule has 0 bridgehead atoms. The van der Waals surface area contributed by atoms with Gasteiger partial charge in [-0.3, -0.25) is 9.59 Å². The maximum atomic E-state index is 12.6. The first-order valence-corrected chi connectivity index (χ1v) is 8.21. The molecule has 0 saturated heterocycles. The van der Waals surface area contributed by atoms with E-state index in [0.29, 0.717) is 11.1 Å². The largest absolute Gasteiger partial charge is 0.349 e. The Morgan fingerprint density at radius 2 is 1.95 bits per heavy atom. The Bertz CT molecular complexity index is 526. The Kier molecular flexibility index (Phi) is 5.83. The Morgan fingerprint density at radius 3 is 2.41 bits per heavy atom. The predicted molar refractivity (Wildman–Crippen MR) is 87.7 cm³/mol. The number of hydrogen-bond acceptors (Lipinski definition) is 2. The Hall–Kier alpha value is -1.55. The fourth-order valence-corrected chi connectivity index (χ4v) is 2.95. The highest BCUT2D eigenvalue weighted by molar-refractivity contribution is 6.30. The summed E-state index contributed by atoms with van der Waals surface area (Å²) in [7, 11) is 0. The van der Waals surface area contributed by atoms with Crippen LogP contribution in [0, 0.1) is 0 Å². The minimum absolute atomic E-state index is 0.0981. The van der Waals surface area contributed by atoms with Crippen LogP contribution in [0.4, 0.5) is 0 Å². The van der Waals surface area contributed by atoms with E-state index < -0.39 is 0 Å². The minimum Gasteiger partial charge on any atom is -0.349 e. The Morgan fingerprint density at radius 1 is 1.32 bits per heavy atom. The number of carbonyl (C=O) groups is 2. The van der Waals surface area contributed by atoms with Gasteiger partial charge in [-0.15, -0.1) is 0 Å². The van der Waals surface area contributed by atoms with Gasteiger partial charge in [-0.1, -0.05) is 23.7 Å². The zero-order valence-electron chi connectivity index (χ0n) is 13.1. The molecule has 0 aliphatic heterocycles. The molecule has 1 atom stereocenters. The molecular weight excluding hydrogens is 300 g/mol. The molecule has 1 fully saturated rings. The summed E-state index contributed by atoms with van der Waals surface area (Å²) in [5.74, 6) is -0.0413. The van der Waals surface area contributed by atoms with Crippen molar-refractivity contribution < 1.29 is 9.59 Å². The highest BCUT2D eigenvalue weighted by Gasteiger charge is 2.29. The van der Waals surface area contributed by atoms with Gasteiger partial charge < -0.3 is 10.2 Å². The molecule has 0 spiro atoms. The maximum absolute atomic E-state index is 12.6. The minimum atomic E-state index is -0.309. The first-order chi connectivity index (χ1) is 10.5.